The molecule has 0 saturated carbocycles. The van der Waals surface area contributed by atoms with Crippen molar-refractivity contribution < 1.29 is 27.9 Å². The average Bonchev–Trinajstić information content (AvgIpc) is 2.74. The Hall–Kier alpha value is -2.87. The number of aliphatic carboxylic acids is 1. The maximum absolute atomic E-state index is 13.6. The summed E-state index contributed by atoms with van der Waals surface area (Å²) in [6.07, 6.45) is -3.34. The SMILES string of the molecule is C/C(=N\OCc1ccc(CCC(C)(C)C)c(C(F)(F)F)c1)c1ccc(CNCCC(=O)O)cc1. The van der Waals surface area contributed by atoms with Gasteiger partial charge in [0.15, 0.2) is 0 Å². The van der Waals surface area contributed by atoms with Gasteiger partial charge in [0, 0.05) is 13.1 Å². The highest BCUT2D eigenvalue weighted by molar-refractivity contribution is 5.98. The van der Waals surface area contributed by atoms with E-state index in [4.69, 9.17) is 9.94 Å². The lowest BCUT2D eigenvalue weighted by atomic mass is 9.87. The van der Waals surface area contributed by atoms with Gasteiger partial charge in [-0.25, -0.2) is 0 Å². The first kappa shape index (κ1) is 27.4. The lowest BCUT2D eigenvalue weighted by Crippen LogP contribution is -2.17. The zero-order chi connectivity index (χ0) is 25.4. The quantitative estimate of drug-likeness (QED) is 0.230. The van der Waals surface area contributed by atoms with Gasteiger partial charge in [-0.2, -0.15) is 13.2 Å². The van der Waals surface area contributed by atoms with Crippen molar-refractivity contribution in [1.82, 2.24) is 5.32 Å². The molecule has 0 saturated heterocycles. The highest BCUT2D eigenvalue weighted by atomic mass is 19.4. The largest absolute Gasteiger partial charge is 0.481 e. The van der Waals surface area contributed by atoms with Crippen molar-refractivity contribution in [3.05, 3.63) is 70.3 Å². The second-order valence-electron chi connectivity index (χ2n) is 9.52. The molecule has 34 heavy (non-hydrogen) atoms. The number of oxime groups is 1. The molecule has 0 bridgehead atoms. The maximum Gasteiger partial charge on any atom is 0.416 e. The number of rotatable bonds is 11. The van der Waals surface area contributed by atoms with Crippen LogP contribution >= 0.6 is 0 Å². The van der Waals surface area contributed by atoms with Crippen molar-refractivity contribution in [2.75, 3.05) is 6.54 Å². The predicted octanol–water partition coefficient (Wildman–Crippen LogP) is 6.19. The summed E-state index contributed by atoms with van der Waals surface area (Å²) in [7, 11) is 0. The monoisotopic (exact) mass is 478 g/mol. The van der Waals surface area contributed by atoms with Crippen LogP contribution in [-0.4, -0.2) is 23.3 Å². The molecular weight excluding hydrogens is 445 g/mol. The molecule has 5 nitrogen and oxygen atoms in total. The topological polar surface area (TPSA) is 70.9 Å². The number of nitrogens with one attached hydrogen (secondary N) is 1. The first-order valence-corrected chi connectivity index (χ1v) is 11.2. The van der Waals surface area contributed by atoms with Crippen molar-refractivity contribution >= 4 is 11.7 Å². The highest BCUT2D eigenvalue weighted by Gasteiger charge is 2.33. The average molecular weight is 479 g/mol. The fourth-order valence-electron chi connectivity index (χ4n) is 3.25. The van der Waals surface area contributed by atoms with Crippen LogP contribution in [0.3, 0.4) is 0 Å². The number of benzene rings is 2. The van der Waals surface area contributed by atoms with E-state index < -0.39 is 17.7 Å². The van der Waals surface area contributed by atoms with Crippen molar-refractivity contribution in [3.63, 3.8) is 0 Å². The Kier molecular flexibility index (Phi) is 9.67. The third-order valence-electron chi connectivity index (χ3n) is 5.27. The molecule has 0 unspecified atom stereocenters. The fourth-order valence-corrected chi connectivity index (χ4v) is 3.25. The van der Waals surface area contributed by atoms with Crippen LogP contribution in [0.4, 0.5) is 13.2 Å². The summed E-state index contributed by atoms with van der Waals surface area (Å²) in [4.78, 5) is 15.9. The number of nitrogens with zero attached hydrogens (tertiary/aromatic N) is 1. The van der Waals surface area contributed by atoms with Gasteiger partial charge in [-0.05, 0) is 53.5 Å². The normalized spacial score (nSPS) is 12.6. The van der Waals surface area contributed by atoms with Crippen LogP contribution in [0.15, 0.2) is 47.6 Å². The Balaban J connectivity index is 1.97. The van der Waals surface area contributed by atoms with E-state index in [0.29, 0.717) is 42.8 Å². The number of carbonyl (C=O) groups is 1. The van der Waals surface area contributed by atoms with E-state index in [0.717, 1.165) is 17.2 Å². The Morgan fingerprint density at radius 3 is 2.29 bits per heavy atom. The van der Waals surface area contributed by atoms with Gasteiger partial charge in [-0.3, -0.25) is 4.79 Å². The van der Waals surface area contributed by atoms with Gasteiger partial charge < -0.3 is 15.3 Å². The fraction of sp³-hybridized carbons (Fsp3) is 0.462. The summed E-state index contributed by atoms with van der Waals surface area (Å²) in [5.41, 5.74) is 2.45. The van der Waals surface area contributed by atoms with Crippen LogP contribution in [0.1, 0.15) is 68.4 Å². The minimum Gasteiger partial charge on any atom is -0.481 e. The lowest BCUT2D eigenvalue weighted by Gasteiger charge is -2.20. The van der Waals surface area contributed by atoms with Gasteiger partial charge in [0.1, 0.15) is 6.61 Å². The minimum atomic E-state index is -4.42. The summed E-state index contributed by atoms with van der Waals surface area (Å²) in [6, 6.07) is 11.9. The summed E-state index contributed by atoms with van der Waals surface area (Å²) >= 11 is 0. The molecule has 2 N–H and O–H groups in total. The highest BCUT2D eigenvalue weighted by Crippen LogP contribution is 2.34. The first-order valence-electron chi connectivity index (χ1n) is 11.2. The van der Waals surface area contributed by atoms with E-state index >= 15 is 0 Å². The molecule has 0 aromatic heterocycles. The predicted molar refractivity (Wildman–Crippen MR) is 127 cm³/mol. The summed E-state index contributed by atoms with van der Waals surface area (Å²) in [5, 5.41) is 15.8. The van der Waals surface area contributed by atoms with Crippen molar-refractivity contribution in [2.24, 2.45) is 10.6 Å². The third-order valence-corrected chi connectivity index (χ3v) is 5.27. The maximum atomic E-state index is 13.6. The summed E-state index contributed by atoms with van der Waals surface area (Å²) < 4.78 is 40.8. The molecule has 8 heteroatoms. The number of carboxylic acid groups (broad SMARTS) is 1. The third kappa shape index (κ3) is 9.55. The van der Waals surface area contributed by atoms with Gasteiger partial charge in [0.05, 0.1) is 17.7 Å². The van der Waals surface area contributed by atoms with Gasteiger partial charge in [0.25, 0.3) is 0 Å². The molecule has 0 aliphatic carbocycles. The number of hydrogen-bond acceptors (Lipinski definition) is 4. The molecule has 2 rings (SSSR count). The molecule has 2 aromatic rings. The number of alkyl halides is 3. The van der Waals surface area contributed by atoms with E-state index in [-0.39, 0.29) is 18.4 Å². The van der Waals surface area contributed by atoms with Crippen LogP contribution in [0.25, 0.3) is 0 Å². The van der Waals surface area contributed by atoms with Crippen LogP contribution in [-0.2, 0) is 35.4 Å². The molecule has 186 valence electrons. The van der Waals surface area contributed by atoms with Crippen LogP contribution in [0, 0.1) is 5.41 Å². The molecular formula is C26H33F3N2O3. The second kappa shape index (κ2) is 12.0. The Morgan fingerprint density at radius 1 is 1.06 bits per heavy atom. The van der Waals surface area contributed by atoms with E-state index in [9.17, 15) is 18.0 Å². The number of carboxylic acids is 1. The summed E-state index contributed by atoms with van der Waals surface area (Å²) in [6.45, 7) is 8.66. The van der Waals surface area contributed by atoms with E-state index in [1.54, 1.807) is 13.0 Å². The zero-order valence-corrected chi connectivity index (χ0v) is 20.1. The van der Waals surface area contributed by atoms with Crippen molar-refractivity contribution in [1.29, 1.82) is 0 Å². The molecule has 0 aliphatic heterocycles. The molecule has 0 spiro atoms. The molecule has 0 fully saturated rings. The first-order chi connectivity index (χ1) is 15.8. The Bertz CT molecular complexity index is 978. The molecule has 0 heterocycles. The molecule has 0 aliphatic rings. The van der Waals surface area contributed by atoms with E-state index in [1.807, 2.05) is 45.0 Å². The van der Waals surface area contributed by atoms with Crippen molar-refractivity contribution in [3.8, 4) is 0 Å². The van der Waals surface area contributed by atoms with E-state index in [1.165, 1.54) is 6.07 Å². The molecule has 2 aromatic carbocycles. The Labute approximate surface area is 199 Å². The number of halogens is 3. The second-order valence-corrected chi connectivity index (χ2v) is 9.52. The van der Waals surface area contributed by atoms with Gasteiger partial charge in [0.2, 0.25) is 0 Å². The zero-order valence-electron chi connectivity index (χ0n) is 20.1. The Morgan fingerprint density at radius 2 is 1.71 bits per heavy atom. The van der Waals surface area contributed by atoms with Gasteiger partial charge in [-0.15, -0.1) is 0 Å². The van der Waals surface area contributed by atoms with E-state index in [2.05, 4.69) is 10.5 Å². The summed E-state index contributed by atoms with van der Waals surface area (Å²) in [5.74, 6) is -0.846. The lowest BCUT2D eigenvalue weighted by molar-refractivity contribution is -0.138. The van der Waals surface area contributed by atoms with Gasteiger partial charge >= 0.3 is 12.1 Å². The van der Waals surface area contributed by atoms with Crippen LogP contribution in [0.2, 0.25) is 0 Å². The standard InChI is InChI=1S/C26H33F3N2O3/c1-18(21-8-5-19(6-9-21)16-30-14-12-24(32)33)31-34-17-20-7-10-22(11-13-25(2,3)4)23(15-20)26(27,28)29/h5-10,15,30H,11-14,16-17H2,1-4H3,(H,32,33)/b31-18+. The smallest absolute Gasteiger partial charge is 0.416 e. The molecule has 0 amide bonds. The molecule has 0 radical (unpaired) electrons. The minimum absolute atomic E-state index is 0.0496. The van der Waals surface area contributed by atoms with Crippen LogP contribution in [0.5, 0.6) is 0 Å². The van der Waals surface area contributed by atoms with Crippen LogP contribution < -0.4 is 5.32 Å². The molecule has 0 atom stereocenters. The number of hydrogen-bond donors (Lipinski definition) is 2. The van der Waals surface area contributed by atoms with Gasteiger partial charge in [-0.1, -0.05) is 62.3 Å². The number of aryl methyl sites for hydroxylation is 1. The van der Waals surface area contributed by atoms with Crippen molar-refractivity contribution in [2.45, 2.75) is 66.3 Å².